The Morgan fingerprint density at radius 1 is 1.14 bits per heavy atom. The second-order valence-corrected chi connectivity index (χ2v) is 7.92. The molecule has 1 aliphatic heterocycles. The molecule has 0 aliphatic carbocycles. The fourth-order valence-corrected chi connectivity index (χ4v) is 4.11. The zero-order valence-corrected chi connectivity index (χ0v) is 15.9. The van der Waals surface area contributed by atoms with Gasteiger partial charge in [0.1, 0.15) is 0 Å². The molecule has 0 radical (unpaired) electrons. The molecule has 2 N–H and O–H groups in total. The van der Waals surface area contributed by atoms with Crippen LogP contribution in [0.5, 0.6) is 11.5 Å². The minimum Gasteiger partial charge on any atom is -0.454 e. The maximum Gasteiger partial charge on any atom is 0.417 e. The van der Waals surface area contributed by atoms with Crippen molar-refractivity contribution in [2.75, 3.05) is 6.79 Å². The van der Waals surface area contributed by atoms with Crippen LogP contribution in [0.1, 0.15) is 18.1 Å². The van der Waals surface area contributed by atoms with E-state index in [0.29, 0.717) is 23.1 Å². The number of benzene rings is 2. The van der Waals surface area contributed by atoms with Crippen molar-refractivity contribution in [3.8, 4) is 11.5 Å². The van der Waals surface area contributed by atoms with Gasteiger partial charge in [-0.15, -0.1) is 0 Å². The lowest BCUT2D eigenvalue weighted by atomic mass is 10.2. The van der Waals surface area contributed by atoms with Gasteiger partial charge >= 0.3 is 6.18 Å². The van der Waals surface area contributed by atoms with Crippen LogP contribution in [-0.4, -0.2) is 27.2 Å². The summed E-state index contributed by atoms with van der Waals surface area (Å²) in [5, 5.41) is 2.52. The summed E-state index contributed by atoms with van der Waals surface area (Å²) in [6, 6.07) is 7.50. The van der Waals surface area contributed by atoms with Crippen LogP contribution in [0.3, 0.4) is 0 Å². The molecule has 1 heterocycles. The summed E-state index contributed by atoms with van der Waals surface area (Å²) in [6.45, 7) is 1.41. The first kappa shape index (κ1) is 20.9. The van der Waals surface area contributed by atoms with Crippen molar-refractivity contribution in [3.63, 3.8) is 0 Å². The summed E-state index contributed by atoms with van der Waals surface area (Å²) >= 11 is 0. The molecule has 0 unspecified atom stereocenters. The number of halogens is 3. The number of ether oxygens (including phenoxy) is 2. The van der Waals surface area contributed by atoms with Crippen molar-refractivity contribution >= 4 is 15.9 Å². The van der Waals surface area contributed by atoms with Crippen LogP contribution in [0.4, 0.5) is 13.2 Å². The number of carbonyl (C=O) groups is 1. The van der Waals surface area contributed by atoms with Crippen molar-refractivity contribution in [1.29, 1.82) is 0 Å². The molecule has 11 heteroatoms. The first-order valence-corrected chi connectivity index (χ1v) is 9.91. The third kappa shape index (κ3) is 4.80. The Morgan fingerprint density at radius 3 is 2.55 bits per heavy atom. The summed E-state index contributed by atoms with van der Waals surface area (Å²) in [5.41, 5.74) is -0.624. The molecule has 0 saturated carbocycles. The number of hydrogen-bond acceptors (Lipinski definition) is 5. The Hall–Kier alpha value is -2.79. The number of amides is 1. The van der Waals surface area contributed by atoms with Crippen LogP contribution < -0.4 is 19.5 Å². The molecular weight excluding hydrogens is 413 g/mol. The first-order chi connectivity index (χ1) is 13.6. The third-order valence-corrected chi connectivity index (χ3v) is 5.71. The monoisotopic (exact) mass is 430 g/mol. The van der Waals surface area contributed by atoms with Crippen LogP contribution in [0.2, 0.25) is 0 Å². The van der Waals surface area contributed by atoms with E-state index in [1.165, 1.54) is 13.0 Å². The second-order valence-electron chi connectivity index (χ2n) is 6.24. The minimum atomic E-state index is -4.85. The van der Waals surface area contributed by atoms with E-state index in [0.717, 1.165) is 12.1 Å². The van der Waals surface area contributed by atoms with Crippen LogP contribution in [-0.2, 0) is 27.5 Å². The van der Waals surface area contributed by atoms with Gasteiger partial charge in [-0.2, -0.15) is 17.9 Å². The molecule has 1 amide bonds. The predicted molar refractivity (Wildman–Crippen MR) is 95.6 cm³/mol. The van der Waals surface area contributed by atoms with Crippen LogP contribution in [0.25, 0.3) is 0 Å². The largest absolute Gasteiger partial charge is 0.454 e. The molecule has 0 spiro atoms. The van der Waals surface area contributed by atoms with Crippen LogP contribution in [0.15, 0.2) is 47.4 Å². The van der Waals surface area contributed by atoms with Crippen molar-refractivity contribution in [2.45, 2.75) is 30.6 Å². The number of rotatable bonds is 6. The molecule has 1 atom stereocenters. The van der Waals surface area contributed by atoms with Gasteiger partial charge < -0.3 is 14.8 Å². The lowest BCUT2D eigenvalue weighted by molar-refractivity contribution is -0.139. The standard InChI is InChI=1S/C18H17F3N2O5S/c1-11(17(24)22-9-12-6-7-14-15(8-12)28-10-27-14)23-29(25,26)16-5-3-2-4-13(16)18(19,20)21/h2-8,11,23H,9-10H2,1H3,(H,22,24)/t11-/m0/s1. The normalized spacial score (nSPS) is 14.5. The summed E-state index contributed by atoms with van der Waals surface area (Å²) in [7, 11) is -4.58. The Kier molecular flexibility index (Phi) is 5.71. The quantitative estimate of drug-likeness (QED) is 0.734. The molecule has 156 valence electrons. The molecule has 0 bridgehead atoms. The molecule has 0 saturated heterocycles. The lowest BCUT2D eigenvalue weighted by Crippen LogP contribution is -2.44. The summed E-state index contributed by atoms with van der Waals surface area (Å²) in [6.07, 6.45) is -4.85. The maximum absolute atomic E-state index is 13.1. The smallest absolute Gasteiger partial charge is 0.417 e. The number of sulfonamides is 1. The zero-order valence-electron chi connectivity index (χ0n) is 15.1. The summed E-state index contributed by atoms with van der Waals surface area (Å²) in [5.74, 6) is 0.398. The van der Waals surface area contributed by atoms with Gasteiger partial charge in [0.05, 0.1) is 16.5 Å². The lowest BCUT2D eigenvalue weighted by Gasteiger charge is -2.17. The SMILES string of the molecule is C[C@H](NS(=O)(=O)c1ccccc1C(F)(F)F)C(=O)NCc1ccc2c(c1)OCO2. The van der Waals surface area contributed by atoms with Gasteiger partial charge in [0.25, 0.3) is 0 Å². The Bertz CT molecular complexity index is 1020. The molecule has 2 aromatic rings. The van der Waals surface area contributed by atoms with Crippen molar-refractivity contribution in [3.05, 3.63) is 53.6 Å². The molecule has 7 nitrogen and oxygen atoms in total. The average Bonchev–Trinajstić information content (AvgIpc) is 3.13. The predicted octanol–water partition coefficient (Wildman–Crippen LogP) is 2.42. The second kappa shape index (κ2) is 7.91. The highest BCUT2D eigenvalue weighted by Crippen LogP contribution is 2.34. The minimum absolute atomic E-state index is 0.0701. The van der Waals surface area contributed by atoms with E-state index < -0.39 is 38.6 Å². The highest BCUT2D eigenvalue weighted by molar-refractivity contribution is 7.89. The maximum atomic E-state index is 13.1. The van der Waals surface area contributed by atoms with Gasteiger partial charge in [-0.05, 0) is 36.8 Å². The Labute approximate surface area is 164 Å². The van der Waals surface area contributed by atoms with E-state index in [4.69, 9.17) is 9.47 Å². The van der Waals surface area contributed by atoms with E-state index in [2.05, 4.69) is 5.32 Å². The van der Waals surface area contributed by atoms with Gasteiger partial charge in [-0.1, -0.05) is 18.2 Å². The molecular formula is C18H17F3N2O5S. The van der Waals surface area contributed by atoms with E-state index >= 15 is 0 Å². The highest BCUT2D eigenvalue weighted by atomic mass is 32.2. The fourth-order valence-electron chi connectivity index (χ4n) is 2.68. The van der Waals surface area contributed by atoms with Crippen molar-refractivity contribution in [1.82, 2.24) is 10.0 Å². The third-order valence-electron chi connectivity index (χ3n) is 4.11. The van der Waals surface area contributed by atoms with E-state index in [9.17, 15) is 26.4 Å². The van der Waals surface area contributed by atoms with Crippen LogP contribution >= 0.6 is 0 Å². The molecule has 0 fully saturated rings. The number of carbonyl (C=O) groups excluding carboxylic acids is 1. The van der Waals surface area contributed by atoms with E-state index in [1.54, 1.807) is 18.2 Å². The fraction of sp³-hybridized carbons (Fsp3) is 0.278. The zero-order chi connectivity index (χ0) is 21.2. The topological polar surface area (TPSA) is 93.7 Å². The van der Waals surface area contributed by atoms with Gasteiger partial charge in [-0.25, -0.2) is 8.42 Å². The Morgan fingerprint density at radius 2 is 1.83 bits per heavy atom. The number of fused-ring (bicyclic) bond motifs is 1. The van der Waals surface area contributed by atoms with Crippen molar-refractivity contribution < 1.29 is 35.9 Å². The van der Waals surface area contributed by atoms with Gasteiger partial charge in [0.2, 0.25) is 22.7 Å². The van der Waals surface area contributed by atoms with Gasteiger partial charge in [0.15, 0.2) is 11.5 Å². The number of alkyl halides is 3. The molecule has 29 heavy (non-hydrogen) atoms. The number of hydrogen-bond donors (Lipinski definition) is 2. The molecule has 2 aromatic carbocycles. The molecule has 3 rings (SSSR count). The van der Waals surface area contributed by atoms with Crippen molar-refractivity contribution in [2.24, 2.45) is 0 Å². The van der Waals surface area contributed by atoms with Gasteiger partial charge in [0, 0.05) is 6.54 Å². The molecule has 1 aliphatic rings. The summed E-state index contributed by atoms with van der Waals surface area (Å²) in [4.78, 5) is 11.3. The number of nitrogens with one attached hydrogen (secondary N) is 2. The first-order valence-electron chi connectivity index (χ1n) is 8.43. The van der Waals surface area contributed by atoms with Gasteiger partial charge in [-0.3, -0.25) is 4.79 Å². The van der Waals surface area contributed by atoms with E-state index in [-0.39, 0.29) is 13.3 Å². The average molecular weight is 430 g/mol. The van der Waals surface area contributed by atoms with E-state index in [1.807, 2.05) is 4.72 Å². The Balaban J connectivity index is 1.66. The summed E-state index contributed by atoms with van der Waals surface area (Å²) < 4.78 is 76.4. The molecule has 0 aromatic heterocycles. The van der Waals surface area contributed by atoms with Crippen LogP contribution in [0, 0.1) is 0 Å². The highest BCUT2D eigenvalue weighted by Gasteiger charge is 2.37.